The number of para-hydroxylation sites is 1. The zero-order valence-electron chi connectivity index (χ0n) is 16.6. The monoisotopic (exact) mass is 423 g/mol. The molecule has 2 N–H and O–H groups in total. The smallest absolute Gasteiger partial charge is 0.410 e. The predicted molar refractivity (Wildman–Crippen MR) is 111 cm³/mol. The number of piperidine rings is 1. The molecule has 2 heterocycles. The number of carbonyl (C=O) groups excluding carboxylic acids is 2. The van der Waals surface area contributed by atoms with Crippen molar-refractivity contribution in [2.75, 3.05) is 32.8 Å². The summed E-state index contributed by atoms with van der Waals surface area (Å²) in [5.74, 6) is 1.09. The van der Waals surface area contributed by atoms with Gasteiger partial charge in [-0.3, -0.25) is 4.79 Å². The van der Waals surface area contributed by atoms with Crippen molar-refractivity contribution in [3.63, 3.8) is 0 Å². The van der Waals surface area contributed by atoms with Crippen molar-refractivity contribution < 1.29 is 19.1 Å². The quantitative estimate of drug-likeness (QED) is 0.786. The van der Waals surface area contributed by atoms with Crippen LogP contribution in [-0.4, -0.2) is 66.2 Å². The fourth-order valence-corrected chi connectivity index (χ4v) is 4.55. The molecule has 2 saturated heterocycles. The number of carbonyl (C=O) groups is 2. The summed E-state index contributed by atoms with van der Waals surface area (Å²) in [7, 11) is 0. The summed E-state index contributed by atoms with van der Waals surface area (Å²) >= 11 is 0. The first-order valence-electron chi connectivity index (χ1n) is 10.2. The van der Waals surface area contributed by atoms with Gasteiger partial charge in [-0.15, -0.1) is 12.4 Å². The van der Waals surface area contributed by atoms with Gasteiger partial charge in [-0.1, -0.05) is 18.2 Å². The largest absolute Gasteiger partial charge is 0.492 e. The Labute approximate surface area is 177 Å². The lowest BCUT2D eigenvalue weighted by Gasteiger charge is -2.38. The van der Waals surface area contributed by atoms with E-state index in [0.29, 0.717) is 45.6 Å². The molecule has 0 unspecified atom stereocenters. The van der Waals surface area contributed by atoms with Gasteiger partial charge in [0.2, 0.25) is 5.91 Å². The van der Waals surface area contributed by atoms with Crippen LogP contribution in [0.15, 0.2) is 30.3 Å². The number of halogens is 1. The van der Waals surface area contributed by atoms with Crippen molar-refractivity contribution in [2.45, 2.75) is 43.7 Å². The molecule has 0 radical (unpaired) electrons. The Hall–Kier alpha value is -1.99. The third-order valence-corrected chi connectivity index (χ3v) is 6.22. The number of hydrogen-bond acceptors (Lipinski definition) is 5. The molecule has 2 aliphatic heterocycles. The summed E-state index contributed by atoms with van der Waals surface area (Å²) < 4.78 is 11.4. The number of nitrogens with two attached hydrogens (primary N) is 1. The van der Waals surface area contributed by atoms with Crippen molar-refractivity contribution >= 4 is 24.4 Å². The van der Waals surface area contributed by atoms with E-state index in [1.54, 1.807) is 4.90 Å². The van der Waals surface area contributed by atoms with Crippen molar-refractivity contribution in [1.82, 2.24) is 9.80 Å². The highest BCUT2D eigenvalue weighted by molar-refractivity contribution is 5.85. The summed E-state index contributed by atoms with van der Waals surface area (Å²) in [6.07, 6.45) is 3.74. The number of amides is 2. The van der Waals surface area contributed by atoms with Gasteiger partial charge in [0.1, 0.15) is 18.0 Å². The number of likely N-dealkylation sites (tertiary alicyclic amines) is 1. The van der Waals surface area contributed by atoms with Crippen LogP contribution in [0.4, 0.5) is 4.79 Å². The minimum atomic E-state index is -0.466. The van der Waals surface area contributed by atoms with E-state index in [4.69, 9.17) is 15.2 Å². The summed E-state index contributed by atoms with van der Waals surface area (Å²) in [5, 5.41) is 0. The van der Waals surface area contributed by atoms with Gasteiger partial charge < -0.3 is 25.0 Å². The van der Waals surface area contributed by atoms with Gasteiger partial charge in [-0.25, -0.2) is 4.79 Å². The van der Waals surface area contributed by atoms with Gasteiger partial charge in [-0.2, -0.15) is 0 Å². The highest BCUT2D eigenvalue weighted by Crippen LogP contribution is 2.35. The van der Waals surface area contributed by atoms with Crippen molar-refractivity contribution in [1.29, 1.82) is 0 Å². The van der Waals surface area contributed by atoms with Crippen LogP contribution in [0.5, 0.6) is 5.75 Å². The van der Waals surface area contributed by atoms with Crippen molar-refractivity contribution in [3.8, 4) is 5.75 Å². The minimum Gasteiger partial charge on any atom is -0.492 e. The van der Waals surface area contributed by atoms with E-state index < -0.39 is 5.60 Å². The molecule has 0 bridgehead atoms. The maximum Gasteiger partial charge on any atom is 0.410 e. The minimum absolute atomic E-state index is 0. The molecule has 7 nitrogen and oxygen atoms in total. The van der Waals surface area contributed by atoms with E-state index in [-0.39, 0.29) is 36.4 Å². The Kier molecular flexibility index (Phi) is 6.90. The Morgan fingerprint density at radius 1 is 1.21 bits per heavy atom. The second-order valence-electron chi connectivity index (χ2n) is 8.23. The van der Waals surface area contributed by atoms with E-state index in [1.165, 1.54) is 0 Å². The van der Waals surface area contributed by atoms with E-state index >= 15 is 0 Å². The Morgan fingerprint density at radius 2 is 1.93 bits per heavy atom. The van der Waals surface area contributed by atoms with Crippen LogP contribution in [0.25, 0.3) is 0 Å². The molecule has 2 amide bonds. The molecule has 0 aromatic heterocycles. The molecule has 1 spiro atoms. The third-order valence-electron chi connectivity index (χ3n) is 6.22. The standard InChI is InChI=1S/C21H29N3O4.ClH/c22-17-7-6-16(14-17)19(25)23-10-8-21(9-11-23)15-24(20(26)28-21)12-13-27-18-4-2-1-3-5-18;/h1-5,16-17H,6-15,22H2;1H/t16-,17+;/m0./s1. The maximum atomic E-state index is 12.7. The first-order chi connectivity index (χ1) is 13.5. The summed E-state index contributed by atoms with van der Waals surface area (Å²) in [6.45, 7) is 2.79. The van der Waals surface area contributed by atoms with Crippen LogP contribution in [0.3, 0.4) is 0 Å². The van der Waals surface area contributed by atoms with Crippen LogP contribution >= 0.6 is 12.4 Å². The molecule has 8 heteroatoms. The van der Waals surface area contributed by atoms with Gasteiger partial charge >= 0.3 is 6.09 Å². The number of ether oxygens (including phenoxy) is 2. The third kappa shape index (κ3) is 4.95. The van der Waals surface area contributed by atoms with E-state index in [1.807, 2.05) is 35.2 Å². The van der Waals surface area contributed by atoms with Gasteiger partial charge in [-0.05, 0) is 31.4 Å². The fourth-order valence-electron chi connectivity index (χ4n) is 4.55. The van der Waals surface area contributed by atoms with Crippen molar-refractivity contribution in [3.05, 3.63) is 30.3 Å². The average Bonchev–Trinajstić information content (AvgIpc) is 3.26. The molecule has 160 valence electrons. The lowest BCUT2D eigenvalue weighted by Crippen LogP contribution is -2.50. The molecule has 2 atom stereocenters. The van der Waals surface area contributed by atoms with Gasteiger partial charge in [0.25, 0.3) is 0 Å². The molecular weight excluding hydrogens is 394 g/mol. The second-order valence-corrected chi connectivity index (χ2v) is 8.23. The molecule has 1 saturated carbocycles. The van der Waals surface area contributed by atoms with Crippen LogP contribution in [0.1, 0.15) is 32.1 Å². The molecule has 29 heavy (non-hydrogen) atoms. The number of rotatable bonds is 5. The molecule has 4 rings (SSSR count). The molecule has 3 aliphatic rings. The summed E-state index contributed by atoms with van der Waals surface area (Å²) in [4.78, 5) is 28.6. The molecular formula is C21H30ClN3O4. The molecule has 1 aromatic rings. The maximum absolute atomic E-state index is 12.7. The average molecular weight is 424 g/mol. The number of hydrogen-bond donors (Lipinski definition) is 1. The Bertz CT molecular complexity index is 709. The summed E-state index contributed by atoms with van der Waals surface area (Å²) in [5.41, 5.74) is 5.48. The lowest BCUT2D eigenvalue weighted by molar-refractivity contribution is -0.138. The van der Waals surface area contributed by atoms with Crippen molar-refractivity contribution in [2.24, 2.45) is 11.7 Å². The molecule has 1 aliphatic carbocycles. The van der Waals surface area contributed by atoms with E-state index in [2.05, 4.69) is 0 Å². The Morgan fingerprint density at radius 3 is 2.59 bits per heavy atom. The first kappa shape index (κ1) is 21.7. The van der Waals surface area contributed by atoms with Gasteiger partial charge in [0.05, 0.1) is 13.1 Å². The highest BCUT2D eigenvalue weighted by Gasteiger charge is 2.48. The fraction of sp³-hybridized carbons (Fsp3) is 0.619. The second kappa shape index (κ2) is 9.22. The van der Waals surface area contributed by atoms with Crippen LogP contribution in [0, 0.1) is 5.92 Å². The first-order valence-corrected chi connectivity index (χ1v) is 10.2. The number of benzene rings is 1. The topological polar surface area (TPSA) is 85.1 Å². The van der Waals surface area contributed by atoms with Crippen LogP contribution in [-0.2, 0) is 9.53 Å². The number of nitrogens with zero attached hydrogens (tertiary/aromatic N) is 2. The van der Waals surface area contributed by atoms with Gasteiger partial charge in [0, 0.05) is 37.9 Å². The summed E-state index contributed by atoms with van der Waals surface area (Å²) in [6, 6.07) is 9.73. The van der Waals surface area contributed by atoms with E-state index in [9.17, 15) is 9.59 Å². The van der Waals surface area contributed by atoms with E-state index in [0.717, 1.165) is 25.0 Å². The Balaban J connectivity index is 0.00000240. The molecule has 1 aromatic carbocycles. The van der Waals surface area contributed by atoms with Crippen LogP contribution in [0.2, 0.25) is 0 Å². The zero-order chi connectivity index (χ0) is 19.6. The predicted octanol–water partition coefficient (Wildman–Crippen LogP) is 2.43. The lowest BCUT2D eigenvalue weighted by atomic mass is 9.90. The zero-order valence-corrected chi connectivity index (χ0v) is 17.4. The van der Waals surface area contributed by atoms with Crippen LogP contribution < -0.4 is 10.5 Å². The highest BCUT2D eigenvalue weighted by atomic mass is 35.5. The van der Waals surface area contributed by atoms with Gasteiger partial charge in [0.15, 0.2) is 0 Å². The molecule has 3 fully saturated rings. The normalized spacial score (nSPS) is 25.6. The SMILES string of the molecule is Cl.N[C@@H]1CC[C@H](C(=O)N2CCC3(CC2)CN(CCOc2ccccc2)C(=O)O3)C1.